The molecule has 0 atom stereocenters. The lowest BCUT2D eigenvalue weighted by Gasteiger charge is -2.26. The van der Waals surface area contributed by atoms with Gasteiger partial charge >= 0.3 is 0 Å². The average Bonchev–Trinajstić information content (AvgIpc) is 2.61. The Morgan fingerprint density at radius 3 is 1.56 bits per heavy atom. The zero-order valence-corrected chi connectivity index (χ0v) is 15.9. The van der Waals surface area contributed by atoms with Gasteiger partial charge in [0.1, 0.15) is 0 Å². The van der Waals surface area contributed by atoms with Crippen molar-refractivity contribution in [3.8, 4) is 0 Å². The fourth-order valence-electron chi connectivity index (χ4n) is 3.46. The van der Waals surface area contributed by atoms with Gasteiger partial charge in [-0.25, -0.2) is 0 Å². The molecular weight excluding hydrogens is 323 g/mol. The molecule has 0 aliphatic carbocycles. The first kappa shape index (κ1) is 17.5. The highest BCUT2D eigenvalue weighted by molar-refractivity contribution is 8.01. The summed E-state index contributed by atoms with van der Waals surface area (Å²) < 4.78 is 0. The van der Waals surface area contributed by atoms with E-state index in [-0.39, 0.29) is 5.52 Å². The van der Waals surface area contributed by atoms with Gasteiger partial charge in [-0.3, -0.25) is 4.79 Å². The van der Waals surface area contributed by atoms with Crippen LogP contribution in [0.3, 0.4) is 0 Å². The third kappa shape index (κ3) is 3.13. The van der Waals surface area contributed by atoms with Crippen molar-refractivity contribution in [3.05, 3.63) is 95.1 Å². The Hall–Kier alpha value is -2.37. The lowest BCUT2D eigenvalue weighted by molar-refractivity contribution is 0.108. The zero-order valence-electron chi connectivity index (χ0n) is 15.0. The van der Waals surface area contributed by atoms with E-state index in [0.29, 0.717) is 0 Å². The lowest BCUT2D eigenvalue weighted by Crippen LogP contribution is -2.24. The quantitative estimate of drug-likeness (QED) is 0.617. The smallest absolute Gasteiger partial charge is 0.192 e. The lowest BCUT2D eigenvalue weighted by atomic mass is 10.0. The van der Waals surface area contributed by atoms with Crippen molar-refractivity contribution in [2.45, 2.75) is 20.8 Å². The first-order chi connectivity index (χ1) is 11.9. The molecule has 0 saturated carbocycles. The Morgan fingerprint density at radius 1 is 0.760 bits per heavy atom. The summed E-state index contributed by atoms with van der Waals surface area (Å²) in [6.45, 7) is 3.66. The van der Waals surface area contributed by atoms with E-state index in [2.05, 4.69) is 25.4 Å². The van der Waals surface area contributed by atoms with Gasteiger partial charge in [-0.2, -0.15) is 0 Å². The van der Waals surface area contributed by atoms with Gasteiger partial charge in [0.2, 0.25) is 0 Å². The number of aryl methyl sites for hydroxylation is 3. The van der Waals surface area contributed by atoms with Gasteiger partial charge in [0.15, 0.2) is 5.52 Å². The van der Waals surface area contributed by atoms with Gasteiger partial charge in [-0.1, -0.05) is 84.7 Å². The van der Waals surface area contributed by atoms with Gasteiger partial charge < -0.3 is 0 Å². The van der Waals surface area contributed by atoms with Crippen molar-refractivity contribution >= 4 is 29.3 Å². The third-order valence-electron chi connectivity index (χ3n) is 4.63. The predicted molar refractivity (Wildman–Crippen MR) is 111 cm³/mol. The third-order valence-corrected chi connectivity index (χ3v) is 7.91. The fraction of sp³-hybridized carbons (Fsp3) is 0.130. The molecule has 0 bridgehead atoms. The highest BCUT2D eigenvalue weighted by Gasteiger charge is 2.31. The van der Waals surface area contributed by atoms with Crippen LogP contribution in [0.2, 0.25) is 0 Å². The molecular formula is C23H23OP. The molecule has 0 fully saturated rings. The number of benzene rings is 3. The number of carbonyl (C=O) groups is 1. The minimum absolute atomic E-state index is 0.153. The fourth-order valence-corrected chi connectivity index (χ4v) is 6.32. The average molecular weight is 346 g/mol. The van der Waals surface area contributed by atoms with Crippen LogP contribution in [0, 0.1) is 20.8 Å². The van der Waals surface area contributed by atoms with Gasteiger partial charge in [-0.15, -0.1) is 0 Å². The maximum Gasteiger partial charge on any atom is 0.192 e. The second-order valence-electron chi connectivity index (χ2n) is 6.56. The van der Waals surface area contributed by atoms with Crippen molar-refractivity contribution in [3.63, 3.8) is 0 Å². The predicted octanol–water partition coefficient (Wildman–Crippen LogP) is 4.85. The van der Waals surface area contributed by atoms with E-state index in [1.807, 2.05) is 74.5 Å². The van der Waals surface area contributed by atoms with Crippen molar-refractivity contribution in [2.75, 3.05) is 0 Å². The normalized spacial score (nSPS) is 11.3. The molecule has 3 aromatic carbocycles. The van der Waals surface area contributed by atoms with Crippen LogP contribution in [0.5, 0.6) is 0 Å². The van der Waals surface area contributed by atoms with E-state index in [0.717, 1.165) is 27.3 Å². The minimum Gasteiger partial charge on any atom is -0.288 e. The Balaban J connectivity index is 2.27. The van der Waals surface area contributed by atoms with Crippen LogP contribution in [-0.2, 0) is 0 Å². The van der Waals surface area contributed by atoms with Gasteiger partial charge in [0.25, 0.3) is 0 Å². The van der Waals surface area contributed by atoms with Crippen molar-refractivity contribution in [1.82, 2.24) is 0 Å². The van der Waals surface area contributed by atoms with Crippen LogP contribution in [-0.4, -0.2) is 11.8 Å². The minimum atomic E-state index is -2.44. The van der Waals surface area contributed by atoms with E-state index in [1.54, 1.807) is 0 Å². The maximum atomic E-state index is 13.8. The van der Waals surface area contributed by atoms with Crippen molar-refractivity contribution in [1.29, 1.82) is 0 Å². The molecule has 0 aliphatic rings. The van der Waals surface area contributed by atoms with E-state index in [1.165, 1.54) is 5.56 Å². The van der Waals surface area contributed by atoms with Crippen LogP contribution < -0.4 is 10.6 Å². The summed E-state index contributed by atoms with van der Waals surface area (Å²) in [6.07, 6.45) is 4.55. The number of carbonyl (C=O) groups excluding carboxylic acids is 1. The van der Waals surface area contributed by atoms with Gasteiger partial charge in [0, 0.05) is 12.4 Å². The summed E-state index contributed by atoms with van der Waals surface area (Å²) in [5, 5.41) is 2.04. The summed E-state index contributed by atoms with van der Waals surface area (Å²) >= 11 is 0. The SMILES string of the molecule is C=P(C(=O)c1c(C)cc(C)cc1C)(c1ccccc1)c1ccccc1. The Bertz CT molecular complexity index is 889. The Kier molecular flexibility index (Phi) is 4.79. The first-order valence-electron chi connectivity index (χ1n) is 8.42. The van der Waals surface area contributed by atoms with Crippen molar-refractivity contribution < 1.29 is 4.79 Å². The Labute approximate surface area is 150 Å². The molecule has 3 aromatic rings. The second-order valence-corrected chi connectivity index (χ2v) is 9.62. The van der Waals surface area contributed by atoms with E-state index in [9.17, 15) is 4.79 Å². The Morgan fingerprint density at radius 2 is 1.16 bits per heavy atom. The van der Waals surface area contributed by atoms with E-state index >= 15 is 0 Å². The molecule has 0 aliphatic heterocycles. The largest absolute Gasteiger partial charge is 0.288 e. The molecule has 0 saturated heterocycles. The number of hydrogen-bond donors (Lipinski definition) is 0. The van der Waals surface area contributed by atoms with E-state index in [4.69, 9.17) is 0 Å². The first-order valence-corrected chi connectivity index (χ1v) is 10.4. The molecule has 0 amide bonds. The monoisotopic (exact) mass is 346 g/mol. The number of hydrogen-bond acceptors (Lipinski definition) is 1. The molecule has 3 rings (SSSR count). The molecule has 0 radical (unpaired) electrons. The molecule has 0 aromatic heterocycles. The summed E-state index contributed by atoms with van der Waals surface area (Å²) in [7, 11) is 0. The standard InChI is InChI=1S/C23H23OP/c1-17-15-18(2)22(19(3)16-17)23(24)25(4,20-11-7-5-8-12-20)21-13-9-6-10-14-21/h5-16H,4H2,1-3H3. The molecule has 126 valence electrons. The molecule has 25 heavy (non-hydrogen) atoms. The van der Waals surface area contributed by atoms with Crippen molar-refractivity contribution in [2.24, 2.45) is 0 Å². The molecule has 1 nitrogen and oxygen atoms in total. The summed E-state index contributed by atoms with van der Waals surface area (Å²) in [5.41, 5.74) is 4.21. The van der Waals surface area contributed by atoms with Crippen LogP contribution in [0.4, 0.5) is 0 Å². The summed E-state index contributed by atoms with van der Waals surface area (Å²) in [5.74, 6) is 0. The molecule has 2 heteroatoms. The van der Waals surface area contributed by atoms with Crippen LogP contribution in [0.15, 0.2) is 72.8 Å². The van der Waals surface area contributed by atoms with Crippen LogP contribution in [0.1, 0.15) is 27.0 Å². The highest BCUT2D eigenvalue weighted by atomic mass is 31.2. The highest BCUT2D eigenvalue weighted by Crippen LogP contribution is 2.47. The molecule has 0 heterocycles. The van der Waals surface area contributed by atoms with Gasteiger partial charge in [-0.05, 0) is 42.5 Å². The zero-order chi connectivity index (χ0) is 18.0. The summed E-state index contributed by atoms with van der Waals surface area (Å²) in [4.78, 5) is 13.8. The van der Waals surface area contributed by atoms with Crippen LogP contribution >= 0.6 is 6.89 Å². The molecule has 0 N–H and O–H groups in total. The van der Waals surface area contributed by atoms with E-state index < -0.39 is 6.89 Å². The second kappa shape index (κ2) is 6.86. The van der Waals surface area contributed by atoms with Crippen LogP contribution in [0.25, 0.3) is 0 Å². The molecule has 0 unspecified atom stereocenters. The maximum absolute atomic E-state index is 13.8. The molecule has 0 spiro atoms. The topological polar surface area (TPSA) is 17.1 Å². The summed E-state index contributed by atoms with van der Waals surface area (Å²) in [6, 6.07) is 24.2. The van der Waals surface area contributed by atoms with Gasteiger partial charge in [0.05, 0.1) is 0 Å². The number of rotatable bonds is 4.